The second-order valence-corrected chi connectivity index (χ2v) is 3.74. The predicted octanol–water partition coefficient (Wildman–Crippen LogP) is 0.885. The molecule has 72 valence electrons. The largest absolute Gasteiger partial charge is 0.353 e. The van der Waals surface area contributed by atoms with Crippen LogP contribution in [0.2, 0.25) is 12.1 Å². The molecule has 0 bridgehead atoms. The second kappa shape index (κ2) is 9.19. The van der Waals surface area contributed by atoms with Gasteiger partial charge in [-0.05, 0) is 32.5 Å². The summed E-state index contributed by atoms with van der Waals surface area (Å²) in [4.78, 5) is 0. The van der Waals surface area contributed by atoms with Crippen LogP contribution in [-0.2, 0) is 9.47 Å². The van der Waals surface area contributed by atoms with Crippen LogP contribution in [0.4, 0.5) is 0 Å². The van der Waals surface area contributed by atoms with E-state index in [9.17, 15) is 0 Å². The number of hydrogen-bond acceptors (Lipinski definition) is 3. The summed E-state index contributed by atoms with van der Waals surface area (Å²) in [6.45, 7) is 6.18. The molecule has 0 aliphatic carbocycles. The third kappa shape index (κ3) is 6.79. The molecule has 0 atom stereocenters. The standard InChI is InChI=1S/C8H19NO2Si/c1-3-10-8(11-4-2)7-12-6-5-9/h8H,3-7,9H2,1-2H3. The highest BCUT2D eigenvalue weighted by atomic mass is 28.2. The van der Waals surface area contributed by atoms with Gasteiger partial charge in [-0.1, -0.05) is 0 Å². The van der Waals surface area contributed by atoms with Gasteiger partial charge in [-0.15, -0.1) is 0 Å². The Morgan fingerprint density at radius 3 is 2.25 bits per heavy atom. The van der Waals surface area contributed by atoms with Crippen molar-refractivity contribution in [3.05, 3.63) is 0 Å². The van der Waals surface area contributed by atoms with Crippen LogP contribution < -0.4 is 5.73 Å². The zero-order valence-electron chi connectivity index (χ0n) is 8.01. The second-order valence-electron chi connectivity index (χ2n) is 2.33. The highest BCUT2D eigenvalue weighted by molar-refractivity contribution is 6.35. The number of hydrogen-bond donors (Lipinski definition) is 1. The Morgan fingerprint density at radius 1 is 1.25 bits per heavy atom. The van der Waals surface area contributed by atoms with Crippen molar-refractivity contribution in [2.45, 2.75) is 32.2 Å². The van der Waals surface area contributed by atoms with E-state index in [1.807, 2.05) is 13.8 Å². The van der Waals surface area contributed by atoms with E-state index < -0.39 is 0 Å². The third-order valence-corrected chi connectivity index (χ3v) is 2.60. The average Bonchev–Trinajstić information content (AvgIpc) is 2.06. The van der Waals surface area contributed by atoms with Crippen LogP contribution in [0.1, 0.15) is 13.8 Å². The summed E-state index contributed by atoms with van der Waals surface area (Å²) < 4.78 is 10.7. The smallest absolute Gasteiger partial charge is 0.154 e. The van der Waals surface area contributed by atoms with Crippen molar-refractivity contribution in [2.24, 2.45) is 5.73 Å². The number of rotatable bonds is 8. The molecule has 2 radical (unpaired) electrons. The summed E-state index contributed by atoms with van der Waals surface area (Å²) in [6.07, 6.45) is -0.00937. The van der Waals surface area contributed by atoms with Gasteiger partial charge in [0.1, 0.15) is 0 Å². The third-order valence-electron chi connectivity index (χ3n) is 1.34. The van der Waals surface area contributed by atoms with Crippen LogP contribution in [-0.4, -0.2) is 35.6 Å². The fourth-order valence-electron chi connectivity index (χ4n) is 0.860. The molecule has 0 aromatic rings. The van der Waals surface area contributed by atoms with E-state index in [-0.39, 0.29) is 6.29 Å². The van der Waals surface area contributed by atoms with Crippen LogP contribution >= 0.6 is 0 Å². The van der Waals surface area contributed by atoms with Gasteiger partial charge in [-0.25, -0.2) is 0 Å². The van der Waals surface area contributed by atoms with Crippen molar-refractivity contribution in [1.82, 2.24) is 0 Å². The van der Waals surface area contributed by atoms with E-state index in [4.69, 9.17) is 15.2 Å². The van der Waals surface area contributed by atoms with Crippen molar-refractivity contribution >= 4 is 9.52 Å². The summed E-state index contributed by atoms with van der Waals surface area (Å²) >= 11 is 0. The van der Waals surface area contributed by atoms with Gasteiger partial charge >= 0.3 is 0 Å². The molecule has 2 N–H and O–H groups in total. The molecule has 0 unspecified atom stereocenters. The Balaban J connectivity index is 3.34. The molecular weight excluding hydrogens is 170 g/mol. The van der Waals surface area contributed by atoms with Gasteiger partial charge in [0.15, 0.2) is 6.29 Å². The topological polar surface area (TPSA) is 44.5 Å². The summed E-state index contributed by atoms with van der Waals surface area (Å²) in [5.74, 6) is 0. The Bertz CT molecular complexity index is 87.1. The van der Waals surface area contributed by atoms with Gasteiger partial charge in [0.2, 0.25) is 0 Å². The van der Waals surface area contributed by atoms with Crippen molar-refractivity contribution < 1.29 is 9.47 Å². The maximum atomic E-state index is 5.39. The molecule has 0 aliphatic rings. The van der Waals surface area contributed by atoms with E-state index in [0.717, 1.165) is 41.4 Å². The predicted molar refractivity (Wildman–Crippen MR) is 51.5 cm³/mol. The van der Waals surface area contributed by atoms with Crippen molar-refractivity contribution in [1.29, 1.82) is 0 Å². The first kappa shape index (κ1) is 12.1. The van der Waals surface area contributed by atoms with Crippen molar-refractivity contribution in [3.63, 3.8) is 0 Å². The van der Waals surface area contributed by atoms with Crippen LogP contribution in [0.15, 0.2) is 0 Å². The molecule has 0 fully saturated rings. The van der Waals surface area contributed by atoms with Crippen LogP contribution in [0.25, 0.3) is 0 Å². The van der Waals surface area contributed by atoms with E-state index in [1.165, 1.54) is 0 Å². The van der Waals surface area contributed by atoms with Crippen LogP contribution in [0, 0.1) is 0 Å². The van der Waals surface area contributed by atoms with Crippen molar-refractivity contribution in [2.75, 3.05) is 19.8 Å². The maximum Gasteiger partial charge on any atom is 0.154 e. The molecule has 3 nitrogen and oxygen atoms in total. The molecule has 12 heavy (non-hydrogen) atoms. The van der Waals surface area contributed by atoms with E-state index >= 15 is 0 Å². The highest BCUT2D eigenvalue weighted by Crippen LogP contribution is 2.01. The fraction of sp³-hybridized carbons (Fsp3) is 1.00. The average molecular weight is 189 g/mol. The molecule has 0 amide bonds. The Labute approximate surface area is 77.4 Å². The summed E-state index contributed by atoms with van der Waals surface area (Å²) in [5, 5.41) is 0. The minimum atomic E-state index is -0.00937. The molecule has 0 saturated carbocycles. The zero-order chi connectivity index (χ0) is 9.23. The monoisotopic (exact) mass is 189 g/mol. The molecule has 0 aromatic heterocycles. The van der Waals surface area contributed by atoms with Crippen molar-refractivity contribution in [3.8, 4) is 0 Å². The summed E-state index contributed by atoms with van der Waals surface area (Å²) in [5.41, 5.74) is 5.39. The fourth-order valence-corrected chi connectivity index (χ4v) is 1.74. The minimum absolute atomic E-state index is 0.00937. The van der Waals surface area contributed by atoms with Gasteiger partial charge in [0.25, 0.3) is 0 Å². The summed E-state index contributed by atoms with van der Waals surface area (Å²) in [7, 11) is 0.857. The zero-order valence-corrected chi connectivity index (χ0v) is 9.01. The number of nitrogens with two attached hydrogens (primary N) is 1. The van der Waals surface area contributed by atoms with Gasteiger partial charge in [-0.2, -0.15) is 0 Å². The Kier molecular flexibility index (Phi) is 9.26. The first-order valence-corrected chi connectivity index (χ1v) is 5.90. The van der Waals surface area contributed by atoms with Crippen LogP contribution in [0.5, 0.6) is 0 Å². The van der Waals surface area contributed by atoms with Crippen LogP contribution in [0.3, 0.4) is 0 Å². The molecule has 4 heteroatoms. The van der Waals surface area contributed by atoms with Gasteiger partial charge in [0, 0.05) is 22.7 Å². The Morgan fingerprint density at radius 2 is 1.83 bits per heavy atom. The SMILES string of the molecule is CCOC(C[Si]CCN)OCC. The molecule has 0 aliphatic heterocycles. The first-order chi connectivity index (χ1) is 5.85. The van der Waals surface area contributed by atoms with E-state index in [2.05, 4.69) is 0 Å². The molecule has 0 saturated heterocycles. The normalized spacial score (nSPS) is 11.0. The van der Waals surface area contributed by atoms with Gasteiger partial charge in [0.05, 0.1) is 0 Å². The molecule has 0 rings (SSSR count). The molecule has 0 aromatic carbocycles. The molecular formula is C8H19NO2Si. The lowest BCUT2D eigenvalue weighted by atomic mass is 10.7. The van der Waals surface area contributed by atoms with E-state index in [0.29, 0.717) is 0 Å². The minimum Gasteiger partial charge on any atom is -0.353 e. The highest BCUT2D eigenvalue weighted by Gasteiger charge is 2.06. The quantitative estimate of drug-likeness (QED) is 0.350. The number of ether oxygens (including phenoxy) is 2. The van der Waals surface area contributed by atoms with Gasteiger partial charge in [-0.3, -0.25) is 0 Å². The Hall–Kier alpha value is 0.0969. The lowest BCUT2D eigenvalue weighted by Crippen LogP contribution is -2.19. The molecule has 0 heterocycles. The maximum absolute atomic E-state index is 5.39. The first-order valence-electron chi connectivity index (χ1n) is 4.49. The van der Waals surface area contributed by atoms with Gasteiger partial charge < -0.3 is 15.2 Å². The molecule has 0 spiro atoms. The lowest BCUT2D eigenvalue weighted by Gasteiger charge is -2.15. The lowest BCUT2D eigenvalue weighted by molar-refractivity contribution is -0.123. The summed E-state index contributed by atoms with van der Waals surface area (Å²) in [6, 6.07) is 2.07. The van der Waals surface area contributed by atoms with E-state index in [1.54, 1.807) is 0 Å².